The van der Waals surface area contributed by atoms with Gasteiger partial charge in [0.2, 0.25) is 0 Å². The molecule has 2 rings (SSSR count). The van der Waals surface area contributed by atoms with E-state index in [-0.39, 0.29) is 17.2 Å². The van der Waals surface area contributed by atoms with Gasteiger partial charge in [-0.3, -0.25) is 4.90 Å². The molecular formula is C12H18N2O2. The predicted molar refractivity (Wildman–Crippen MR) is 63.3 cm³/mol. The highest BCUT2D eigenvalue weighted by molar-refractivity contribution is 5.59. The first kappa shape index (κ1) is 11.1. The molecule has 1 aliphatic heterocycles. The van der Waals surface area contributed by atoms with E-state index in [9.17, 15) is 10.2 Å². The van der Waals surface area contributed by atoms with Crippen LogP contribution in [0.2, 0.25) is 0 Å². The summed E-state index contributed by atoms with van der Waals surface area (Å²) >= 11 is 0. The molecule has 0 unspecified atom stereocenters. The van der Waals surface area contributed by atoms with Gasteiger partial charge in [-0.25, -0.2) is 0 Å². The number of phenols is 2. The fourth-order valence-corrected chi connectivity index (χ4v) is 2.18. The zero-order valence-corrected chi connectivity index (χ0v) is 9.32. The summed E-state index contributed by atoms with van der Waals surface area (Å²) in [7, 11) is 0. The number of hydrogen-bond donors (Lipinski definition) is 3. The molecule has 0 bridgehead atoms. The maximum absolute atomic E-state index is 9.79. The van der Waals surface area contributed by atoms with E-state index in [1.807, 2.05) is 0 Å². The molecule has 1 fully saturated rings. The average molecular weight is 222 g/mol. The Morgan fingerprint density at radius 2 is 1.81 bits per heavy atom. The van der Waals surface area contributed by atoms with Crippen molar-refractivity contribution in [2.45, 2.75) is 25.8 Å². The van der Waals surface area contributed by atoms with Crippen LogP contribution in [0.25, 0.3) is 0 Å². The number of hydrogen-bond acceptors (Lipinski definition) is 4. The molecule has 16 heavy (non-hydrogen) atoms. The first-order chi connectivity index (χ1) is 7.66. The molecule has 1 aromatic carbocycles. The number of anilines is 1. The fourth-order valence-electron chi connectivity index (χ4n) is 2.18. The van der Waals surface area contributed by atoms with Gasteiger partial charge in [0.15, 0.2) is 0 Å². The minimum absolute atomic E-state index is 0.100. The lowest BCUT2D eigenvalue weighted by Gasteiger charge is -2.26. The monoisotopic (exact) mass is 222 g/mol. The molecule has 0 radical (unpaired) electrons. The van der Waals surface area contributed by atoms with Crippen molar-refractivity contribution in [3.05, 3.63) is 17.7 Å². The van der Waals surface area contributed by atoms with Crippen LogP contribution in [0.1, 0.15) is 24.8 Å². The van der Waals surface area contributed by atoms with E-state index in [4.69, 9.17) is 5.73 Å². The highest BCUT2D eigenvalue weighted by Gasteiger charge is 2.14. The van der Waals surface area contributed by atoms with Crippen molar-refractivity contribution < 1.29 is 10.2 Å². The van der Waals surface area contributed by atoms with Crippen LogP contribution in [0, 0.1) is 0 Å². The molecule has 4 heteroatoms. The fraction of sp³-hybridized carbons (Fsp3) is 0.500. The van der Waals surface area contributed by atoms with Crippen molar-refractivity contribution in [3.63, 3.8) is 0 Å². The van der Waals surface area contributed by atoms with Crippen molar-refractivity contribution in [2.75, 3.05) is 18.8 Å². The molecule has 1 heterocycles. The average Bonchev–Trinajstić information content (AvgIpc) is 2.27. The third kappa shape index (κ3) is 2.39. The number of likely N-dealkylation sites (tertiary alicyclic amines) is 1. The van der Waals surface area contributed by atoms with E-state index in [0.717, 1.165) is 13.1 Å². The lowest BCUT2D eigenvalue weighted by molar-refractivity contribution is 0.218. The zero-order chi connectivity index (χ0) is 11.5. The number of benzene rings is 1. The first-order valence-corrected chi connectivity index (χ1v) is 5.69. The van der Waals surface area contributed by atoms with E-state index >= 15 is 0 Å². The zero-order valence-electron chi connectivity index (χ0n) is 9.32. The number of phenolic OH excluding ortho intramolecular Hbond substituents is 2. The topological polar surface area (TPSA) is 69.7 Å². The van der Waals surface area contributed by atoms with E-state index in [2.05, 4.69) is 4.90 Å². The van der Waals surface area contributed by atoms with Crippen molar-refractivity contribution in [1.82, 2.24) is 4.90 Å². The molecule has 0 aromatic heterocycles. The molecular weight excluding hydrogens is 204 g/mol. The molecule has 0 spiro atoms. The van der Waals surface area contributed by atoms with Crippen LogP contribution >= 0.6 is 0 Å². The quantitative estimate of drug-likeness (QED) is 0.404. The molecule has 1 aliphatic rings. The van der Waals surface area contributed by atoms with Gasteiger partial charge in [0.1, 0.15) is 11.5 Å². The van der Waals surface area contributed by atoms with Crippen molar-refractivity contribution in [2.24, 2.45) is 0 Å². The van der Waals surface area contributed by atoms with Crippen LogP contribution in [0.4, 0.5) is 5.69 Å². The molecule has 1 aromatic rings. The molecule has 0 aliphatic carbocycles. The van der Waals surface area contributed by atoms with Gasteiger partial charge in [-0.2, -0.15) is 0 Å². The summed E-state index contributed by atoms with van der Waals surface area (Å²) in [4.78, 5) is 2.28. The SMILES string of the molecule is Nc1cc(O)cc(CN2CCCCC2)c1O. The van der Waals surface area contributed by atoms with Gasteiger partial charge in [0, 0.05) is 18.2 Å². The Balaban J connectivity index is 2.13. The molecule has 1 saturated heterocycles. The molecule has 4 nitrogen and oxygen atoms in total. The molecule has 0 amide bonds. The van der Waals surface area contributed by atoms with E-state index in [1.165, 1.54) is 25.3 Å². The van der Waals surface area contributed by atoms with Gasteiger partial charge < -0.3 is 15.9 Å². The Morgan fingerprint density at radius 3 is 2.50 bits per heavy atom. The smallest absolute Gasteiger partial charge is 0.143 e. The molecule has 0 saturated carbocycles. The Hall–Kier alpha value is -1.42. The summed E-state index contributed by atoms with van der Waals surface area (Å²) in [5.74, 6) is 0.214. The number of nitrogen functional groups attached to an aromatic ring is 1. The lowest BCUT2D eigenvalue weighted by atomic mass is 10.1. The van der Waals surface area contributed by atoms with Crippen LogP contribution in [0.5, 0.6) is 11.5 Å². The molecule has 4 N–H and O–H groups in total. The third-order valence-corrected chi connectivity index (χ3v) is 3.05. The molecule has 88 valence electrons. The van der Waals surface area contributed by atoms with Gasteiger partial charge in [-0.1, -0.05) is 6.42 Å². The molecule has 0 atom stereocenters. The number of rotatable bonds is 2. The van der Waals surface area contributed by atoms with Gasteiger partial charge in [-0.15, -0.1) is 0 Å². The van der Waals surface area contributed by atoms with Crippen LogP contribution in [-0.2, 0) is 6.54 Å². The Kier molecular flexibility index (Phi) is 3.19. The summed E-state index contributed by atoms with van der Waals surface area (Å²) in [6, 6.07) is 2.95. The second-order valence-electron chi connectivity index (χ2n) is 4.38. The van der Waals surface area contributed by atoms with Gasteiger partial charge >= 0.3 is 0 Å². The predicted octanol–water partition coefficient (Wildman–Crippen LogP) is 1.67. The second kappa shape index (κ2) is 4.61. The minimum atomic E-state index is 0.100. The van der Waals surface area contributed by atoms with Gasteiger partial charge in [0.05, 0.1) is 5.69 Å². The third-order valence-electron chi connectivity index (χ3n) is 3.05. The number of nitrogens with zero attached hydrogens (tertiary/aromatic N) is 1. The van der Waals surface area contributed by atoms with Crippen LogP contribution in [0.15, 0.2) is 12.1 Å². The van der Waals surface area contributed by atoms with Crippen LogP contribution in [-0.4, -0.2) is 28.2 Å². The van der Waals surface area contributed by atoms with Crippen molar-refractivity contribution >= 4 is 5.69 Å². The van der Waals surface area contributed by atoms with Crippen LogP contribution < -0.4 is 5.73 Å². The Bertz CT molecular complexity index is 374. The highest BCUT2D eigenvalue weighted by atomic mass is 16.3. The largest absolute Gasteiger partial charge is 0.508 e. The van der Waals surface area contributed by atoms with E-state index < -0.39 is 0 Å². The maximum atomic E-state index is 9.79. The number of piperidine rings is 1. The lowest BCUT2D eigenvalue weighted by Crippen LogP contribution is -2.29. The standard InChI is InChI=1S/C12H18N2O2/c13-11-7-10(15)6-9(12(11)16)8-14-4-2-1-3-5-14/h6-7,15-16H,1-5,8,13H2. The Morgan fingerprint density at radius 1 is 1.12 bits per heavy atom. The first-order valence-electron chi connectivity index (χ1n) is 5.69. The maximum Gasteiger partial charge on any atom is 0.143 e. The van der Waals surface area contributed by atoms with Crippen molar-refractivity contribution in [1.29, 1.82) is 0 Å². The Labute approximate surface area is 95.3 Å². The summed E-state index contributed by atoms with van der Waals surface area (Å²) < 4.78 is 0. The normalized spacial score (nSPS) is 17.5. The summed E-state index contributed by atoms with van der Waals surface area (Å²) in [6.07, 6.45) is 3.69. The van der Waals surface area contributed by atoms with Crippen LogP contribution in [0.3, 0.4) is 0 Å². The number of aromatic hydroxyl groups is 2. The van der Waals surface area contributed by atoms with Gasteiger partial charge in [0.25, 0.3) is 0 Å². The summed E-state index contributed by atoms with van der Waals surface area (Å²) in [5, 5.41) is 19.2. The van der Waals surface area contributed by atoms with Gasteiger partial charge in [-0.05, 0) is 32.0 Å². The second-order valence-corrected chi connectivity index (χ2v) is 4.38. The van der Waals surface area contributed by atoms with E-state index in [1.54, 1.807) is 6.07 Å². The van der Waals surface area contributed by atoms with E-state index in [0.29, 0.717) is 12.1 Å². The number of nitrogens with two attached hydrogens (primary N) is 1. The minimum Gasteiger partial charge on any atom is -0.508 e. The summed E-state index contributed by atoms with van der Waals surface area (Å²) in [6.45, 7) is 2.76. The highest BCUT2D eigenvalue weighted by Crippen LogP contribution is 2.31. The van der Waals surface area contributed by atoms with Crippen molar-refractivity contribution in [3.8, 4) is 11.5 Å². The summed E-state index contributed by atoms with van der Waals surface area (Å²) in [5.41, 5.74) is 6.55.